The molecule has 41 heavy (non-hydrogen) atoms. The third-order valence-electron chi connectivity index (χ3n) is 9.51. The molecule has 1 aliphatic heterocycles. The summed E-state index contributed by atoms with van der Waals surface area (Å²) in [5.74, 6) is -0.594. The number of primary amides is 1. The summed E-state index contributed by atoms with van der Waals surface area (Å²) in [6.07, 6.45) is 7.26. The number of carbonyl (C=O) groups is 1. The fourth-order valence-corrected chi connectivity index (χ4v) is 7.07. The molecule has 7 nitrogen and oxygen atoms in total. The van der Waals surface area contributed by atoms with Crippen LogP contribution >= 0.6 is 11.6 Å². The number of hydrogen-bond acceptors (Lipinski definition) is 4. The number of aromatic nitrogens is 4. The second kappa shape index (κ2) is 9.11. The highest BCUT2D eigenvalue weighted by Gasteiger charge is 2.56. The van der Waals surface area contributed by atoms with Crippen molar-refractivity contribution in [1.29, 1.82) is 0 Å². The molecule has 3 aromatic heterocycles. The Labute approximate surface area is 242 Å². The van der Waals surface area contributed by atoms with Crippen LogP contribution in [-0.2, 0) is 17.8 Å². The van der Waals surface area contributed by atoms with E-state index in [9.17, 15) is 9.59 Å². The minimum absolute atomic E-state index is 0.192. The molecule has 4 aromatic rings. The van der Waals surface area contributed by atoms with Crippen molar-refractivity contribution in [1.82, 2.24) is 19.3 Å². The van der Waals surface area contributed by atoms with E-state index in [2.05, 4.69) is 14.8 Å². The number of carbonyl (C=O) groups excluding carboxylic acids is 1. The van der Waals surface area contributed by atoms with E-state index < -0.39 is 17.1 Å². The summed E-state index contributed by atoms with van der Waals surface area (Å²) in [7, 11) is 0. The zero-order valence-electron chi connectivity index (χ0n) is 23.2. The van der Waals surface area contributed by atoms with Gasteiger partial charge in [0.2, 0.25) is 5.91 Å². The summed E-state index contributed by atoms with van der Waals surface area (Å²) in [5, 5.41) is 4.76. The number of halogens is 2. The first kappa shape index (κ1) is 26.1. The Balaban J connectivity index is 1.24. The molecular formula is C32H31ClFN5O2. The van der Waals surface area contributed by atoms with Crippen molar-refractivity contribution in [2.45, 2.75) is 70.8 Å². The molecule has 0 spiro atoms. The molecule has 1 amide bonds. The lowest BCUT2D eigenvalue weighted by Gasteiger charge is -2.17. The first-order valence-corrected chi connectivity index (χ1v) is 14.5. The first-order chi connectivity index (χ1) is 19.6. The third-order valence-corrected chi connectivity index (χ3v) is 9.89. The van der Waals surface area contributed by atoms with Crippen molar-refractivity contribution < 1.29 is 9.18 Å². The Morgan fingerprint density at radius 1 is 1.15 bits per heavy atom. The van der Waals surface area contributed by atoms with E-state index in [-0.39, 0.29) is 22.4 Å². The van der Waals surface area contributed by atoms with E-state index in [4.69, 9.17) is 17.3 Å². The van der Waals surface area contributed by atoms with Crippen LogP contribution in [0.15, 0.2) is 47.5 Å². The number of amides is 1. The van der Waals surface area contributed by atoms with Gasteiger partial charge in [-0.25, -0.2) is 4.39 Å². The summed E-state index contributed by atoms with van der Waals surface area (Å²) >= 11 is 6.78. The van der Waals surface area contributed by atoms with Gasteiger partial charge in [-0.3, -0.25) is 23.8 Å². The van der Waals surface area contributed by atoms with E-state index in [0.29, 0.717) is 34.8 Å². The number of benzene rings is 1. The Bertz CT molecular complexity index is 1830. The predicted octanol–water partition coefficient (Wildman–Crippen LogP) is 5.70. The lowest BCUT2D eigenvalue weighted by molar-refractivity contribution is -0.122. The van der Waals surface area contributed by atoms with E-state index >= 15 is 4.39 Å². The monoisotopic (exact) mass is 571 g/mol. The average molecular weight is 572 g/mol. The number of aryl methyl sites for hydroxylation is 3. The number of nitrogens with zero attached hydrogens (tertiary/aromatic N) is 4. The fourth-order valence-electron chi connectivity index (χ4n) is 6.79. The number of fused-ring (bicyclic) bond motifs is 1. The van der Waals surface area contributed by atoms with Gasteiger partial charge in [0.25, 0.3) is 5.56 Å². The van der Waals surface area contributed by atoms with Gasteiger partial charge < -0.3 is 5.73 Å². The van der Waals surface area contributed by atoms with Gasteiger partial charge in [0.1, 0.15) is 10.8 Å². The number of pyridine rings is 2. The van der Waals surface area contributed by atoms with Crippen LogP contribution in [0.25, 0.3) is 16.9 Å². The molecule has 9 heteroatoms. The number of hydrogen-bond donors (Lipinski definition) is 1. The maximum Gasteiger partial charge on any atom is 0.274 e. The van der Waals surface area contributed by atoms with Crippen molar-refractivity contribution in [3.63, 3.8) is 0 Å². The molecule has 0 saturated heterocycles. The molecule has 2 aliphatic carbocycles. The zero-order chi connectivity index (χ0) is 28.8. The van der Waals surface area contributed by atoms with E-state index in [1.165, 1.54) is 11.3 Å². The molecule has 2 unspecified atom stereocenters. The minimum Gasteiger partial charge on any atom is -0.369 e. The molecule has 3 aliphatic rings. The van der Waals surface area contributed by atoms with Crippen molar-refractivity contribution in [3.8, 4) is 16.9 Å². The minimum atomic E-state index is -0.743. The second-order valence-corrected chi connectivity index (χ2v) is 12.5. The van der Waals surface area contributed by atoms with Crippen molar-refractivity contribution in [2.75, 3.05) is 0 Å². The second-order valence-electron chi connectivity index (χ2n) is 12.1. The molecule has 2 saturated carbocycles. The van der Waals surface area contributed by atoms with Crippen molar-refractivity contribution in [2.24, 2.45) is 11.1 Å². The topological polar surface area (TPSA) is 95.8 Å². The molecule has 4 heterocycles. The largest absolute Gasteiger partial charge is 0.369 e. The lowest BCUT2D eigenvalue weighted by Crippen LogP contribution is -2.23. The van der Waals surface area contributed by atoms with E-state index in [1.54, 1.807) is 42.0 Å². The zero-order valence-corrected chi connectivity index (χ0v) is 24.0. The van der Waals surface area contributed by atoms with E-state index in [0.717, 1.165) is 42.6 Å². The molecule has 0 radical (unpaired) electrons. The van der Waals surface area contributed by atoms with Crippen molar-refractivity contribution >= 4 is 17.5 Å². The highest BCUT2D eigenvalue weighted by molar-refractivity contribution is 6.31. The molecule has 7 rings (SSSR count). The fraction of sp³-hybridized carbons (Fsp3) is 0.375. The van der Waals surface area contributed by atoms with Gasteiger partial charge in [0.05, 0.1) is 23.0 Å². The van der Waals surface area contributed by atoms with Crippen LogP contribution in [-0.4, -0.2) is 25.2 Å². The Morgan fingerprint density at radius 3 is 2.68 bits per heavy atom. The quantitative estimate of drug-likeness (QED) is 0.321. The number of nitrogens with two attached hydrogens (primary N) is 1. The molecule has 0 bridgehead atoms. The van der Waals surface area contributed by atoms with E-state index in [1.807, 2.05) is 26.1 Å². The Morgan fingerprint density at radius 2 is 1.93 bits per heavy atom. The average Bonchev–Trinajstić information content (AvgIpc) is 3.75. The SMILES string of the molecule is Cc1cnc(-c2cccc(C3CC3(C)C(N)=O)c2F)cc1-n1c(C)cc([C@H]2C[C@@H]2c2cnn3c2CCC3)c(Cl)c1=O. The maximum atomic E-state index is 15.8. The van der Waals surface area contributed by atoms with Crippen LogP contribution < -0.4 is 11.3 Å². The number of rotatable bonds is 6. The summed E-state index contributed by atoms with van der Waals surface area (Å²) in [6.45, 7) is 6.50. The van der Waals surface area contributed by atoms with Crippen LogP contribution in [0.3, 0.4) is 0 Å². The predicted molar refractivity (Wildman–Crippen MR) is 155 cm³/mol. The Kier molecular flexibility index (Phi) is 5.81. The summed E-state index contributed by atoms with van der Waals surface area (Å²) in [5.41, 5.74) is 11.3. The maximum absolute atomic E-state index is 15.8. The van der Waals surface area contributed by atoms with Crippen LogP contribution in [0.1, 0.15) is 77.6 Å². The molecule has 210 valence electrons. The third kappa shape index (κ3) is 3.98. The normalized spacial score (nSPS) is 24.4. The van der Waals surface area contributed by atoms with Gasteiger partial charge in [-0.15, -0.1) is 0 Å². The highest BCUT2D eigenvalue weighted by atomic mass is 35.5. The molecule has 4 atom stereocenters. The summed E-state index contributed by atoms with van der Waals surface area (Å²) in [6, 6.07) is 8.87. The molecule has 2 fully saturated rings. The Hall–Kier alpha value is -3.78. The van der Waals surface area contributed by atoms with Gasteiger partial charge in [-0.1, -0.05) is 30.7 Å². The van der Waals surface area contributed by atoms with Gasteiger partial charge in [0, 0.05) is 35.6 Å². The first-order valence-electron chi connectivity index (χ1n) is 14.1. The van der Waals surface area contributed by atoms with Crippen LogP contribution in [0.5, 0.6) is 0 Å². The van der Waals surface area contributed by atoms with Gasteiger partial charge >= 0.3 is 0 Å². The van der Waals surface area contributed by atoms with Crippen molar-refractivity contribution in [3.05, 3.63) is 97.6 Å². The highest BCUT2D eigenvalue weighted by Crippen LogP contribution is 2.60. The van der Waals surface area contributed by atoms with Crippen LogP contribution in [0, 0.1) is 25.1 Å². The molecule has 2 N–H and O–H groups in total. The van der Waals surface area contributed by atoms with Gasteiger partial charge in [-0.05, 0) is 91.8 Å². The standard InChI is InChI=1S/C32H31ClFN5O2/c1-16-14-36-25(19-7-4-6-18(29(19)34)24-13-32(24,3)31(35)41)12-27(16)39-17(2)10-22(28(33)30(39)40)20-11-21(20)23-15-37-38-9-5-8-26(23)38/h4,6-7,10,12,14-15,20-21,24H,5,8-9,11,13H2,1-3H3,(H2,35,41)/t20-,21-,24?,32?/m0/s1. The molecular weight excluding hydrogens is 541 g/mol. The molecule has 1 aromatic carbocycles. The van der Waals surface area contributed by atoms with Crippen LogP contribution in [0.2, 0.25) is 5.02 Å². The smallest absolute Gasteiger partial charge is 0.274 e. The summed E-state index contributed by atoms with van der Waals surface area (Å²) < 4.78 is 19.5. The summed E-state index contributed by atoms with van der Waals surface area (Å²) in [4.78, 5) is 30.2. The lowest BCUT2D eigenvalue weighted by atomic mass is 9.97. The van der Waals surface area contributed by atoms with Gasteiger partial charge in [0.15, 0.2) is 0 Å². The van der Waals surface area contributed by atoms with Crippen LogP contribution in [0.4, 0.5) is 4.39 Å². The van der Waals surface area contributed by atoms with Gasteiger partial charge in [-0.2, -0.15) is 5.10 Å².